The molecule has 1 aliphatic heterocycles. The van der Waals surface area contributed by atoms with Crippen LogP contribution in [0.3, 0.4) is 0 Å². The molecule has 0 bridgehead atoms. The number of rotatable bonds is 8. The van der Waals surface area contributed by atoms with Crippen LogP contribution in [0.25, 0.3) is 0 Å². The summed E-state index contributed by atoms with van der Waals surface area (Å²) in [5, 5.41) is 11.4. The van der Waals surface area contributed by atoms with Gasteiger partial charge in [-0.25, -0.2) is 0 Å². The van der Waals surface area contributed by atoms with Gasteiger partial charge in [0.1, 0.15) is 0 Å². The van der Waals surface area contributed by atoms with Crippen LogP contribution in [0.5, 0.6) is 5.75 Å². The number of nitro groups is 1. The third-order valence-electron chi connectivity index (χ3n) is 4.22. The molecule has 1 atom stereocenters. The number of nitrogens with two attached hydrogens (primary N) is 1. The molecule has 1 amide bonds. The zero-order valence-corrected chi connectivity index (χ0v) is 16.7. The number of hydrogen-bond acceptors (Lipinski definition) is 6. The van der Waals surface area contributed by atoms with Crippen LogP contribution < -0.4 is 10.5 Å². The highest BCUT2D eigenvalue weighted by Gasteiger charge is 2.28. The number of hydrogen-bond donors (Lipinski definition) is 1. The first-order valence-corrected chi connectivity index (χ1v) is 9.01. The fourth-order valence-electron chi connectivity index (χ4n) is 2.81. The van der Waals surface area contributed by atoms with Crippen molar-refractivity contribution in [2.24, 2.45) is 5.73 Å². The van der Waals surface area contributed by atoms with Gasteiger partial charge in [0.25, 0.3) is 5.91 Å². The van der Waals surface area contributed by atoms with Crippen molar-refractivity contribution in [3.05, 3.63) is 33.3 Å². The molecule has 1 unspecified atom stereocenters. The summed E-state index contributed by atoms with van der Waals surface area (Å²) < 4.78 is 11.3. The minimum Gasteiger partial charge on any atom is -0.474 e. The molecule has 0 radical (unpaired) electrons. The van der Waals surface area contributed by atoms with Crippen LogP contribution in [0.1, 0.15) is 26.2 Å². The van der Waals surface area contributed by atoms with Gasteiger partial charge in [0, 0.05) is 30.8 Å². The number of carbonyl (C=O) groups excluding carboxylic acids is 1. The molecular formula is C17H25Cl2N3O5. The highest BCUT2D eigenvalue weighted by molar-refractivity contribution is 6.30. The van der Waals surface area contributed by atoms with Gasteiger partial charge in [-0.15, -0.1) is 12.4 Å². The van der Waals surface area contributed by atoms with Crippen LogP contribution >= 0.6 is 24.0 Å². The second-order valence-electron chi connectivity index (χ2n) is 6.17. The molecule has 152 valence electrons. The molecular weight excluding hydrogens is 397 g/mol. The lowest BCUT2D eigenvalue weighted by Gasteiger charge is -2.33. The summed E-state index contributed by atoms with van der Waals surface area (Å²) in [5.41, 5.74) is 5.18. The van der Waals surface area contributed by atoms with Gasteiger partial charge in [-0.1, -0.05) is 11.6 Å². The maximum Gasteiger partial charge on any atom is 0.312 e. The van der Waals surface area contributed by atoms with E-state index in [0.29, 0.717) is 26.2 Å². The van der Waals surface area contributed by atoms with E-state index in [0.717, 1.165) is 19.3 Å². The Kier molecular flexibility index (Phi) is 9.79. The van der Waals surface area contributed by atoms with Gasteiger partial charge in [0.15, 0.2) is 11.9 Å². The maximum atomic E-state index is 12.6. The average molecular weight is 422 g/mol. The summed E-state index contributed by atoms with van der Waals surface area (Å²) in [6, 6.07) is 4.10. The highest BCUT2D eigenvalue weighted by Crippen LogP contribution is 2.31. The highest BCUT2D eigenvalue weighted by atomic mass is 35.5. The fourth-order valence-corrected chi connectivity index (χ4v) is 2.97. The lowest BCUT2D eigenvalue weighted by Crippen LogP contribution is -2.46. The van der Waals surface area contributed by atoms with Gasteiger partial charge in [0.2, 0.25) is 0 Å². The maximum absolute atomic E-state index is 12.6. The normalized spacial score (nSPS) is 15.7. The summed E-state index contributed by atoms with van der Waals surface area (Å²) in [7, 11) is 0. The van der Waals surface area contributed by atoms with Crippen molar-refractivity contribution in [3.63, 3.8) is 0 Å². The fraction of sp³-hybridized carbons (Fsp3) is 0.588. The van der Waals surface area contributed by atoms with Crippen molar-refractivity contribution in [2.75, 3.05) is 26.2 Å². The summed E-state index contributed by atoms with van der Waals surface area (Å²) in [5.74, 6) is -0.171. The Morgan fingerprint density at radius 3 is 2.70 bits per heavy atom. The van der Waals surface area contributed by atoms with Gasteiger partial charge in [-0.2, -0.15) is 0 Å². The molecule has 1 fully saturated rings. The number of halogens is 2. The molecule has 0 spiro atoms. The molecule has 0 aliphatic carbocycles. The summed E-state index contributed by atoms with van der Waals surface area (Å²) in [6.07, 6.45) is 1.64. The van der Waals surface area contributed by atoms with Gasteiger partial charge < -0.3 is 20.1 Å². The second-order valence-corrected chi connectivity index (χ2v) is 6.60. The first kappa shape index (κ1) is 23.4. The number of ether oxygens (including phenoxy) is 2. The number of benzene rings is 1. The Morgan fingerprint density at radius 1 is 1.44 bits per heavy atom. The summed E-state index contributed by atoms with van der Waals surface area (Å²) in [4.78, 5) is 24.8. The zero-order chi connectivity index (χ0) is 19.1. The van der Waals surface area contributed by atoms with E-state index < -0.39 is 11.0 Å². The van der Waals surface area contributed by atoms with Crippen LogP contribution in [0, 0.1) is 10.1 Å². The Labute approximate surface area is 169 Å². The topological polar surface area (TPSA) is 108 Å². The standard InChI is InChI=1S/C17H24ClN3O5.ClH/c1-12(26-16-4-3-13(18)11-15(16)21(23)24)17(22)20-8-5-14(6-9-20)25-10-2-7-19;/h3-4,11-12,14H,2,5-10,19H2,1H3;1H. The van der Waals surface area contributed by atoms with Crippen molar-refractivity contribution in [3.8, 4) is 5.75 Å². The molecule has 27 heavy (non-hydrogen) atoms. The molecule has 10 heteroatoms. The van der Waals surface area contributed by atoms with Gasteiger partial charge in [-0.05, 0) is 44.9 Å². The van der Waals surface area contributed by atoms with E-state index >= 15 is 0 Å². The number of nitro benzene ring substituents is 1. The lowest BCUT2D eigenvalue weighted by atomic mass is 10.1. The van der Waals surface area contributed by atoms with Crippen molar-refractivity contribution < 1.29 is 19.2 Å². The van der Waals surface area contributed by atoms with Crippen molar-refractivity contribution in [1.82, 2.24) is 4.90 Å². The van der Waals surface area contributed by atoms with Gasteiger partial charge in [-0.3, -0.25) is 14.9 Å². The second kappa shape index (κ2) is 11.3. The van der Waals surface area contributed by atoms with Gasteiger partial charge >= 0.3 is 5.69 Å². The Hall–Kier alpha value is -1.61. The molecule has 0 aromatic heterocycles. The number of amides is 1. The number of likely N-dealkylation sites (tertiary alicyclic amines) is 1. The first-order valence-electron chi connectivity index (χ1n) is 8.63. The Balaban J connectivity index is 0.00000364. The SMILES string of the molecule is CC(Oc1ccc(Cl)cc1[N+](=O)[O-])C(=O)N1CCC(OCCCN)CC1.Cl. The third-order valence-corrected chi connectivity index (χ3v) is 4.46. The van der Waals surface area contributed by atoms with Crippen LogP contribution in [-0.2, 0) is 9.53 Å². The lowest BCUT2D eigenvalue weighted by molar-refractivity contribution is -0.386. The molecule has 1 heterocycles. The molecule has 1 saturated heterocycles. The molecule has 1 aromatic carbocycles. The van der Waals surface area contributed by atoms with Crippen molar-refractivity contribution >= 4 is 35.6 Å². The predicted octanol–water partition coefficient (Wildman–Crippen LogP) is 2.79. The van der Waals surface area contributed by atoms with E-state index in [2.05, 4.69) is 0 Å². The molecule has 0 saturated carbocycles. The van der Waals surface area contributed by atoms with Crippen LogP contribution in [0.2, 0.25) is 5.02 Å². The van der Waals surface area contributed by atoms with Crippen LogP contribution in [-0.4, -0.2) is 54.2 Å². The van der Waals surface area contributed by atoms with Gasteiger partial charge in [0.05, 0.1) is 11.0 Å². The number of piperidine rings is 1. The van der Waals surface area contributed by atoms with Crippen LogP contribution in [0.15, 0.2) is 18.2 Å². The molecule has 1 aliphatic rings. The molecule has 2 N–H and O–H groups in total. The predicted molar refractivity (Wildman–Crippen MR) is 105 cm³/mol. The minimum atomic E-state index is -0.829. The van der Waals surface area contributed by atoms with E-state index in [9.17, 15) is 14.9 Å². The van der Waals surface area contributed by atoms with E-state index in [1.807, 2.05) is 0 Å². The quantitative estimate of drug-likeness (QED) is 0.392. The molecule has 2 rings (SSSR count). The van der Waals surface area contributed by atoms with E-state index in [1.165, 1.54) is 18.2 Å². The monoisotopic (exact) mass is 421 g/mol. The van der Waals surface area contributed by atoms with Crippen LogP contribution in [0.4, 0.5) is 5.69 Å². The summed E-state index contributed by atoms with van der Waals surface area (Å²) in [6.45, 7) is 3.97. The van der Waals surface area contributed by atoms with Crippen molar-refractivity contribution in [2.45, 2.75) is 38.4 Å². The largest absolute Gasteiger partial charge is 0.474 e. The van der Waals surface area contributed by atoms with E-state index in [-0.39, 0.29) is 40.9 Å². The Morgan fingerprint density at radius 2 is 2.11 bits per heavy atom. The number of nitrogens with zero attached hydrogens (tertiary/aromatic N) is 2. The van der Waals surface area contributed by atoms with Crippen molar-refractivity contribution in [1.29, 1.82) is 0 Å². The first-order chi connectivity index (χ1) is 12.4. The average Bonchev–Trinajstić information content (AvgIpc) is 2.63. The molecule has 1 aromatic rings. The number of carbonyl (C=O) groups is 1. The minimum absolute atomic E-state index is 0. The summed E-state index contributed by atoms with van der Waals surface area (Å²) >= 11 is 5.79. The van der Waals surface area contributed by atoms with E-state index in [4.69, 9.17) is 26.8 Å². The smallest absolute Gasteiger partial charge is 0.312 e. The Bertz CT molecular complexity index is 639. The zero-order valence-electron chi connectivity index (χ0n) is 15.1. The molecule has 8 nitrogen and oxygen atoms in total. The van der Waals surface area contributed by atoms with E-state index in [1.54, 1.807) is 11.8 Å². The third kappa shape index (κ3) is 6.80.